The number of anilines is 2. The van der Waals surface area contributed by atoms with Gasteiger partial charge in [-0.3, -0.25) is 0 Å². The summed E-state index contributed by atoms with van der Waals surface area (Å²) < 4.78 is 6.45. The Kier molecular flexibility index (Phi) is 8.67. The Morgan fingerprint density at radius 1 is 0.403 bits per heavy atom. The van der Waals surface area contributed by atoms with Gasteiger partial charge < -0.3 is 9.32 Å². The molecule has 0 N–H and O–H groups in total. The Morgan fingerprint density at radius 2 is 1.05 bits per heavy atom. The molecule has 0 amide bonds. The summed E-state index contributed by atoms with van der Waals surface area (Å²) in [6.07, 6.45) is 8.03. The van der Waals surface area contributed by atoms with E-state index in [2.05, 4.69) is 235 Å². The molecule has 1 unspecified atom stereocenters. The van der Waals surface area contributed by atoms with Crippen molar-refractivity contribution < 1.29 is 4.42 Å². The normalized spacial score (nSPS) is 13.9. The molecule has 0 radical (unpaired) electrons. The lowest BCUT2D eigenvalue weighted by Gasteiger charge is -2.31. The van der Waals surface area contributed by atoms with E-state index in [1.165, 1.54) is 60.1 Å². The predicted molar refractivity (Wildman–Crippen MR) is 262 cm³/mol. The molecule has 0 saturated heterocycles. The highest BCUT2D eigenvalue weighted by molar-refractivity contribution is 6.11. The van der Waals surface area contributed by atoms with Crippen molar-refractivity contribution in [3.05, 3.63) is 242 Å². The van der Waals surface area contributed by atoms with E-state index in [4.69, 9.17) is 4.42 Å². The molecular formula is C60H41NO. The molecule has 1 atom stereocenters. The molecule has 2 heteroatoms. The first-order chi connectivity index (χ1) is 30.7. The number of para-hydroxylation sites is 1. The average molecular weight is 792 g/mol. The van der Waals surface area contributed by atoms with Crippen LogP contribution in [0.15, 0.2) is 241 Å². The van der Waals surface area contributed by atoms with E-state index in [9.17, 15) is 0 Å². The molecule has 62 heavy (non-hydrogen) atoms. The van der Waals surface area contributed by atoms with E-state index >= 15 is 0 Å². The number of nitrogens with zero attached hydrogens (tertiary/aromatic N) is 1. The Labute approximate surface area is 360 Å². The van der Waals surface area contributed by atoms with Crippen molar-refractivity contribution in [3.63, 3.8) is 0 Å². The number of benzene rings is 10. The average Bonchev–Trinajstić information content (AvgIpc) is 3.70. The van der Waals surface area contributed by atoms with Crippen molar-refractivity contribution in [2.24, 2.45) is 0 Å². The molecule has 0 saturated carbocycles. The molecule has 0 bridgehead atoms. The highest BCUT2D eigenvalue weighted by atomic mass is 16.3. The second-order valence-corrected chi connectivity index (χ2v) is 16.5. The highest BCUT2D eigenvalue weighted by Crippen LogP contribution is 2.44. The number of hydrogen-bond donors (Lipinski definition) is 0. The molecule has 292 valence electrons. The number of allylic oxidation sites excluding steroid dienone is 3. The molecule has 1 aliphatic carbocycles. The van der Waals surface area contributed by atoms with Crippen LogP contribution in [0, 0.1) is 0 Å². The number of rotatable bonds is 7. The summed E-state index contributed by atoms with van der Waals surface area (Å²) in [6.45, 7) is 0. The molecule has 1 heterocycles. The molecule has 1 aromatic heterocycles. The first-order valence-corrected chi connectivity index (χ1v) is 21.5. The fourth-order valence-electron chi connectivity index (χ4n) is 9.60. The van der Waals surface area contributed by atoms with E-state index in [0.29, 0.717) is 0 Å². The number of hydrogen-bond acceptors (Lipinski definition) is 2. The fourth-order valence-corrected chi connectivity index (χ4v) is 9.60. The highest BCUT2D eigenvalue weighted by Gasteiger charge is 2.22. The number of furan rings is 1. The number of fused-ring (bicyclic) bond motifs is 6. The van der Waals surface area contributed by atoms with Gasteiger partial charge in [0.05, 0.1) is 5.69 Å². The van der Waals surface area contributed by atoms with Crippen LogP contribution in [0.4, 0.5) is 11.4 Å². The van der Waals surface area contributed by atoms with Gasteiger partial charge in [0.1, 0.15) is 11.2 Å². The first-order valence-electron chi connectivity index (χ1n) is 21.5. The van der Waals surface area contributed by atoms with Crippen LogP contribution in [-0.2, 0) is 0 Å². The quantitative estimate of drug-likeness (QED) is 0.160. The van der Waals surface area contributed by atoms with Crippen molar-refractivity contribution >= 4 is 65.6 Å². The van der Waals surface area contributed by atoms with Crippen LogP contribution in [0.5, 0.6) is 0 Å². The van der Waals surface area contributed by atoms with Crippen molar-refractivity contribution in [1.29, 1.82) is 0 Å². The third-order valence-electron chi connectivity index (χ3n) is 12.7. The SMILES string of the molecule is C1=CC(c2cccc(-c3ccc4ccccc4c3)c2)CC=C1N(c1cccc(-c2cccc3ccccc23)c1)c1ccccc1-c1ccc2oc3cc4ccccc4cc3c2c1. The van der Waals surface area contributed by atoms with Crippen molar-refractivity contribution in [2.45, 2.75) is 12.3 Å². The van der Waals surface area contributed by atoms with E-state index in [1.54, 1.807) is 0 Å². The minimum Gasteiger partial charge on any atom is -0.456 e. The first kappa shape index (κ1) is 36.0. The van der Waals surface area contributed by atoms with Crippen LogP contribution in [0.3, 0.4) is 0 Å². The van der Waals surface area contributed by atoms with Crippen molar-refractivity contribution in [3.8, 4) is 33.4 Å². The van der Waals surface area contributed by atoms with Crippen LogP contribution in [0.2, 0.25) is 0 Å². The van der Waals surface area contributed by atoms with Gasteiger partial charge in [0.25, 0.3) is 0 Å². The van der Waals surface area contributed by atoms with Crippen molar-refractivity contribution in [1.82, 2.24) is 0 Å². The zero-order valence-corrected chi connectivity index (χ0v) is 34.1. The summed E-state index contributed by atoms with van der Waals surface area (Å²) >= 11 is 0. The van der Waals surface area contributed by atoms with Gasteiger partial charge in [-0.05, 0) is 127 Å². The van der Waals surface area contributed by atoms with Gasteiger partial charge in [0, 0.05) is 33.6 Å². The van der Waals surface area contributed by atoms with Gasteiger partial charge in [-0.25, -0.2) is 0 Å². The summed E-state index contributed by atoms with van der Waals surface area (Å²) in [6, 6.07) is 77.1. The molecule has 2 nitrogen and oxygen atoms in total. The van der Waals surface area contributed by atoms with Crippen LogP contribution >= 0.6 is 0 Å². The molecule has 12 rings (SSSR count). The second-order valence-electron chi connectivity index (χ2n) is 16.5. The summed E-state index contributed by atoms with van der Waals surface area (Å²) in [7, 11) is 0. The second kappa shape index (κ2) is 15.0. The maximum Gasteiger partial charge on any atom is 0.136 e. The van der Waals surface area contributed by atoms with Gasteiger partial charge in [0.15, 0.2) is 0 Å². The maximum absolute atomic E-state index is 6.45. The monoisotopic (exact) mass is 791 g/mol. The van der Waals surface area contributed by atoms with Crippen LogP contribution < -0.4 is 4.90 Å². The molecule has 0 fully saturated rings. The lowest BCUT2D eigenvalue weighted by molar-refractivity contribution is 0.669. The van der Waals surface area contributed by atoms with Gasteiger partial charge in [-0.1, -0.05) is 176 Å². The lowest BCUT2D eigenvalue weighted by atomic mass is 9.89. The van der Waals surface area contributed by atoms with E-state index in [0.717, 1.165) is 56.6 Å². The van der Waals surface area contributed by atoms with Crippen molar-refractivity contribution in [2.75, 3.05) is 4.90 Å². The topological polar surface area (TPSA) is 16.4 Å². The van der Waals surface area contributed by atoms with Gasteiger partial charge in [-0.2, -0.15) is 0 Å². The van der Waals surface area contributed by atoms with E-state index in [1.807, 2.05) is 0 Å². The molecule has 11 aromatic rings. The Hall–Kier alpha value is -7.94. The zero-order valence-electron chi connectivity index (χ0n) is 34.1. The standard InChI is InChI=1S/C60H41NO/c1-2-14-43-35-48(27-26-40(43)12-1)45-19-9-18-44(34-45)41-28-31-51(32-29-41)61(52-21-10-20-49(36-52)54-24-11-17-42-13-5-6-22-53(42)54)58-25-8-7-23-55(58)50-30-33-59-56(38-50)57-37-46-15-3-4-16-47(46)39-60(57)62-59/h1-28,30-39,41H,29H2. The Bertz CT molecular complexity index is 3580. The van der Waals surface area contributed by atoms with Gasteiger partial charge in [-0.15, -0.1) is 0 Å². The summed E-state index contributed by atoms with van der Waals surface area (Å²) in [5.74, 6) is 0.256. The van der Waals surface area contributed by atoms with Crippen LogP contribution in [-0.4, -0.2) is 0 Å². The molecule has 1 aliphatic rings. The molecular weight excluding hydrogens is 751 g/mol. The summed E-state index contributed by atoms with van der Waals surface area (Å²) in [5.41, 5.74) is 13.7. The largest absolute Gasteiger partial charge is 0.456 e. The van der Waals surface area contributed by atoms with Gasteiger partial charge >= 0.3 is 0 Å². The third kappa shape index (κ3) is 6.36. The molecule has 0 spiro atoms. The zero-order chi connectivity index (χ0) is 41.0. The Morgan fingerprint density at radius 3 is 1.92 bits per heavy atom. The predicted octanol–water partition coefficient (Wildman–Crippen LogP) is 16.8. The maximum atomic E-state index is 6.45. The lowest BCUT2D eigenvalue weighted by Crippen LogP contribution is -2.18. The third-order valence-corrected chi connectivity index (χ3v) is 12.7. The minimum atomic E-state index is 0.256. The molecule has 0 aliphatic heterocycles. The molecule has 10 aromatic carbocycles. The smallest absolute Gasteiger partial charge is 0.136 e. The van der Waals surface area contributed by atoms with Crippen LogP contribution in [0.25, 0.3) is 87.6 Å². The Balaban J connectivity index is 0.961. The summed E-state index contributed by atoms with van der Waals surface area (Å²) in [5, 5.41) is 9.65. The summed E-state index contributed by atoms with van der Waals surface area (Å²) in [4.78, 5) is 2.45. The van der Waals surface area contributed by atoms with E-state index in [-0.39, 0.29) is 5.92 Å². The van der Waals surface area contributed by atoms with Crippen LogP contribution in [0.1, 0.15) is 17.9 Å². The fraction of sp³-hybridized carbons (Fsp3) is 0.0333. The minimum absolute atomic E-state index is 0.256. The van der Waals surface area contributed by atoms with Gasteiger partial charge in [0.2, 0.25) is 0 Å². The van der Waals surface area contributed by atoms with E-state index < -0.39 is 0 Å².